The molecule has 1 aliphatic rings. The molecule has 3 rings (SSSR count). The van der Waals surface area contributed by atoms with Crippen LogP contribution in [0.2, 0.25) is 5.02 Å². The van der Waals surface area contributed by atoms with Gasteiger partial charge in [-0.05, 0) is 67.6 Å². The normalized spacial score (nSPS) is 17.1. The Morgan fingerprint density at radius 3 is 2.38 bits per heavy atom. The summed E-state index contributed by atoms with van der Waals surface area (Å²) < 4.78 is 6.45. The third-order valence-corrected chi connectivity index (χ3v) is 5.83. The molecule has 0 saturated carbocycles. The van der Waals surface area contributed by atoms with Gasteiger partial charge in [0.05, 0.1) is 18.8 Å². The average molecular weight is 415 g/mol. The molecular formula is C24H31ClN2O2. The molecule has 0 radical (unpaired) electrons. The van der Waals surface area contributed by atoms with Crippen LogP contribution in [0, 0.1) is 11.8 Å². The van der Waals surface area contributed by atoms with Crippen molar-refractivity contribution in [1.82, 2.24) is 10.6 Å². The first-order valence-electron chi connectivity index (χ1n) is 10.5. The molecule has 5 heteroatoms. The van der Waals surface area contributed by atoms with E-state index < -0.39 is 0 Å². The highest BCUT2D eigenvalue weighted by atomic mass is 35.5. The first-order valence-corrected chi connectivity index (χ1v) is 10.9. The van der Waals surface area contributed by atoms with Gasteiger partial charge in [-0.25, -0.2) is 0 Å². The van der Waals surface area contributed by atoms with E-state index in [1.165, 1.54) is 0 Å². The van der Waals surface area contributed by atoms with Gasteiger partial charge in [-0.1, -0.05) is 55.8 Å². The number of carbonyl (C=O) groups is 1. The van der Waals surface area contributed by atoms with Crippen molar-refractivity contribution in [2.45, 2.75) is 38.8 Å². The Morgan fingerprint density at radius 2 is 1.76 bits per heavy atom. The van der Waals surface area contributed by atoms with E-state index in [1.807, 2.05) is 30.3 Å². The van der Waals surface area contributed by atoms with Crippen molar-refractivity contribution in [1.29, 1.82) is 0 Å². The number of rotatable bonds is 8. The highest BCUT2D eigenvalue weighted by Crippen LogP contribution is 2.26. The lowest BCUT2D eigenvalue weighted by molar-refractivity contribution is -0.0346. The molecule has 4 nitrogen and oxygen atoms in total. The Kier molecular flexibility index (Phi) is 8.10. The van der Waals surface area contributed by atoms with Crippen LogP contribution in [0.3, 0.4) is 0 Å². The minimum atomic E-state index is -0.206. The predicted molar refractivity (Wildman–Crippen MR) is 118 cm³/mol. The molecular weight excluding hydrogens is 384 g/mol. The van der Waals surface area contributed by atoms with Gasteiger partial charge in [0.15, 0.2) is 0 Å². The number of benzene rings is 2. The van der Waals surface area contributed by atoms with Crippen LogP contribution in [-0.4, -0.2) is 31.7 Å². The molecule has 1 aliphatic heterocycles. The number of nitrogens with one attached hydrogen (secondary N) is 2. The van der Waals surface area contributed by atoms with Crippen LogP contribution in [0.15, 0.2) is 54.6 Å². The van der Waals surface area contributed by atoms with Gasteiger partial charge in [0, 0.05) is 10.6 Å². The van der Waals surface area contributed by atoms with Crippen molar-refractivity contribution in [2.24, 2.45) is 11.8 Å². The van der Waals surface area contributed by atoms with E-state index in [0.717, 1.165) is 31.5 Å². The molecule has 1 fully saturated rings. The van der Waals surface area contributed by atoms with Crippen molar-refractivity contribution >= 4 is 17.5 Å². The molecule has 1 unspecified atom stereocenters. The van der Waals surface area contributed by atoms with E-state index in [-0.39, 0.29) is 18.1 Å². The maximum atomic E-state index is 12.8. The summed E-state index contributed by atoms with van der Waals surface area (Å²) in [7, 11) is 0. The van der Waals surface area contributed by atoms with E-state index in [0.29, 0.717) is 29.0 Å². The van der Waals surface area contributed by atoms with Gasteiger partial charge in [0.1, 0.15) is 0 Å². The quantitative estimate of drug-likeness (QED) is 0.649. The largest absolute Gasteiger partial charge is 0.375 e. The standard InChI is InChI=1S/C24H31ClN2O2/c1-17(2)23(19-12-14-26-15-13-19)29-16-22(18-6-4-3-5-7-18)27-24(28)20-8-10-21(25)11-9-20/h3-11,17,19,22-23,26H,12-16H2,1-2H3,(H,27,28)/t22-,23?/m0/s1. The van der Waals surface area contributed by atoms with Gasteiger partial charge < -0.3 is 15.4 Å². The van der Waals surface area contributed by atoms with E-state index in [4.69, 9.17) is 16.3 Å². The van der Waals surface area contributed by atoms with Crippen LogP contribution in [0.25, 0.3) is 0 Å². The highest BCUT2D eigenvalue weighted by Gasteiger charge is 2.28. The molecule has 1 saturated heterocycles. The topological polar surface area (TPSA) is 50.4 Å². The number of piperidine rings is 1. The minimum absolute atomic E-state index is 0.123. The summed E-state index contributed by atoms with van der Waals surface area (Å²) in [5.74, 6) is 0.864. The van der Waals surface area contributed by atoms with E-state index in [1.54, 1.807) is 24.3 Å². The van der Waals surface area contributed by atoms with Crippen LogP contribution in [0.4, 0.5) is 0 Å². The minimum Gasteiger partial charge on any atom is -0.375 e. The SMILES string of the molecule is CC(C)C(OC[C@H](NC(=O)c1ccc(Cl)cc1)c1ccccc1)C1CCNCC1. The second-order valence-electron chi connectivity index (χ2n) is 8.07. The van der Waals surface area contributed by atoms with Crippen molar-refractivity contribution in [2.75, 3.05) is 19.7 Å². The summed E-state index contributed by atoms with van der Waals surface area (Å²) in [5, 5.41) is 7.19. The van der Waals surface area contributed by atoms with Gasteiger partial charge in [-0.3, -0.25) is 4.79 Å². The van der Waals surface area contributed by atoms with Crippen LogP contribution >= 0.6 is 11.6 Å². The molecule has 156 valence electrons. The zero-order chi connectivity index (χ0) is 20.6. The fourth-order valence-corrected chi connectivity index (χ4v) is 4.13. The lowest BCUT2D eigenvalue weighted by Crippen LogP contribution is -2.40. The summed E-state index contributed by atoms with van der Waals surface area (Å²) in [6.45, 7) is 6.99. The number of hydrogen-bond donors (Lipinski definition) is 2. The molecule has 2 aromatic carbocycles. The number of amides is 1. The van der Waals surface area contributed by atoms with Gasteiger partial charge in [0.2, 0.25) is 0 Å². The van der Waals surface area contributed by atoms with Crippen LogP contribution in [0.1, 0.15) is 48.7 Å². The zero-order valence-electron chi connectivity index (χ0n) is 17.2. The molecule has 2 aromatic rings. The Hall–Kier alpha value is -1.88. The first-order chi connectivity index (χ1) is 14.0. The maximum absolute atomic E-state index is 12.8. The van der Waals surface area contributed by atoms with E-state index >= 15 is 0 Å². The van der Waals surface area contributed by atoms with Gasteiger partial charge in [0.25, 0.3) is 5.91 Å². The Morgan fingerprint density at radius 1 is 1.10 bits per heavy atom. The molecule has 0 aliphatic carbocycles. The van der Waals surface area contributed by atoms with Crippen molar-refractivity contribution < 1.29 is 9.53 Å². The van der Waals surface area contributed by atoms with Crippen LogP contribution in [-0.2, 0) is 4.74 Å². The van der Waals surface area contributed by atoms with Gasteiger partial charge in [-0.2, -0.15) is 0 Å². The highest BCUT2D eigenvalue weighted by molar-refractivity contribution is 6.30. The maximum Gasteiger partial charge on any atom is 0.251 e. The van der Waals surface area contributed by atoms with E-state index in [9.17, 15) is 4.79 Å². The fraction of sp³-hybridized carbons (Fsp3) is 0.458. The zero-order valence-corrected chi connectivity index (χ0v) is 18.0. The lowest BCUT2D eigenvalue weighted by atomic mass is 9.86. The molecule has 29 heavy (non-hydrogen) atoms. The average Bonchev–Trinajstić information content (AvgIpc) is 2.74. The fourth-order valence-electron chi connectivity index (χ4n) is 4.00. The molecule has 2 atom stereocenters. The number of halogens is 1. The Labute approximate surface area is 179 Å². The summed E-state index contributed by atoms with van der Waals surface area (Å²) in [6.07, 6.45) is 2.46. The number of carbonyl (C=O) groups excluding carboxylic acids is 1. The monoisotopic (exact) mass is 414 g/mol. The van der Waals surface area contributed by atoms with Crippen LogP contribution in [0.5, 0.6) is 0 Å². The van der Waals surface area contributed by atoms with Crippen molar-refractivity contribution in [3.63, 3.8) is 0 Å². The summed E-state index contributed by atoms with van der Waals surface area (Å²) in [4.78, 5) is 12.8. The second kappa shape index (κ2) is 10.8. The summed E-state index contributed by atoms with van der Waals surface area (Å²) in [6, 6.07) is 16.8. The number of ether oxygens (including phenoxy) is 1. The van der Waals surface area contributed by atoms with Gasteiger partial charge >= 0.3 is 0 Å². The number of hydrogen-bond acceptors (Lipinski definition) is 3. The molecule has 1 heterocycles. The molecule has 2 N–H and O–H groups in total. The summed E-state index contributed by atoms with van der Waals surface area (Å²) in [5.41, 5.74) is 1.64. The molecule has 1 amide bonds. The molecule has 0 spiro atoms. The third kappa shape index (κ3) is 6.30. The van der Waals surface area contributed by atoms with E-state index in [2.05, 4.69) is 24.5 Å². The summed E-state index contributed by atoms with van der Waals surface area (Å²) >= 11 is 5.95. The second-order valence-corrected chi connectivity index (χ2v) is 8.51. The first kappa shape index (κ1) is 21.8. The van der Waals surface area contributed by atoms with Crippen molar-refractivity contribution in [3.8, 4) is 0 Å². The predicted octanol–water partition coefficient (Wildman–Crippen LogP) is 4.85. The van der Waals surface area contributed by atoms with Crippen LogP contribution < -0.4 is 10.6 Å². The third-order valence-electron chi connectivity index (χ3n) is 5.57. The Balaban J connectivity index is 1.71. The van der Waals surface area contributed by atoms with Gasteiger partial charge in [-0.15, -0.1) is 0 Å². The Bertz CT molecular complexity index is 758. The lowest BCUT2D eigenvalue weighted by Gasteiger charge is -2.34. The molecule has 0 bridgehead atoms. The molecule has 0 aromatic heterocycles. The van der Waals surface area contributed by atoms with Crippen molar-refractivity contribution in [3.05, 3.63) is 70.7 Å². The smallest absolute Gasteiger partial charge is 0.251 e.